The van der Waals surface area contributed by atoms with Gasteiger partial charge in [-0.3, -0.25) is 0 Å². The lowest BCUT2D eigenvalue weighted by atomic mass is 9.78. The van der Waals surface area contributed by atoms with E-state index in [9.17, 15) is 8.42 Å². The molecule has 0 saturated heterocycles. The van der Waals surface area contributed by atoms with Crippen LogP contribution < -0.4 is 15.2 Å². The summed E-state index contributed by atoms with van der Waals surface area (Å²) in [6.45, 7) is 3.97. The molecule has 1 fully saturated rings. The molecule has 0 unspecified atom stereocenters. The molecule has 0 aliphatic heterocycles. The Bertz CT molecular complexity index is 607. The van der Waals surface area contributed by atoms with Crippen molar-refractivity contribution in [2.24, 2.45) is 5.73 Å². The monoisotopic (exact) mass is 298 g/mol. The third-order valence-electron chi connectivity index (χ3n) is 3.84. The molecule has 0 radical (unpaired) electrons. The van der Waals surface area contributed by atoms with E-state index in [-0.39, 0.29) is 17.0 Å². The highest BCUT2D eigenvalue weighted by Crippen LogP contribution is 2.31. The molecule has 2 rings (SSSR count). The maximum atomic E-state index is 12.5. The largest absolute Gasteiger partial charge is 0.495 e. The Balaban J connectivity index is 2.29. The summed E-state index contributed by atoms with van der Waals surface area (Å²) in [6, 6.07) is 3.52. The number of nitrogens with one attached hydrogen (secondary N) is 1. The van der Waals surface area contributed by atoms with Crippen LogP contribution in [0.25, 0.3) is 0 Å². The minimum absolute atomic E-state index is 0.181. The number of nitrogens with two attached hydrogens (primary N) is 1. The van der Waals surface area contributed by atoms with Crippen molar-refractivity contribution in [1.82, 2.24) is 4.72 Å². The van der Waals surface area contributed by atoms with Crippen LogP contribution in [0.4, 0.5) is 0 Å². The Labute approximate surface area is 120 Å². The van der Waals surface area contributed by atoms with Crippen LogP contribution in [-0.4, -0.2) is 27.6 Å². The molecular weight excluding hydrogens is 276 g/mol. The average Bonchev–Trinajstić information content (AvgIpc) is 2.33. The van der Waals surface area contributed by atoms with Crippen molar-refractivity contribution >= 4 is 10.0 Å². The topological polar surface area (TPSA) is 81.4 Å². The molecule has 1 saturated carbocycles. The molecule has 0 atom stereocenters. The number of methoxy groups -OCH3 is 1. The second-order valence-electron chi connectivity index (χ2n) is 5.65. The van der Waals surface area contributed by atoms with Crippen LogP contribution in [0.2, 0.25) is 0 Å². The number of benzene rings is 1. The summed E-state index contributed by atoms with van der Waals surface area (Å²) in [7, 11) is -2.13. The Kier molecular flexibility index (Phi) is 4.09. The van der Waals surface area contributed by atoms with Crippen molar-refractivity contribution in [3.8, 4) is 5.75 Å². The number of hydrogen-bond acceptors (Lipinski definition) is 4. The van der Waals surface area contributed by atoms with Gasteiger partial charge in [0, 0.05) is 12.1 Å². The SMILES string of the molecule is COc1c(C)cc(C)cc1S(=O)(=O)NCC1(N)CCC1. The maximum Gasteiger partial charge on any atom is 0.244 e. The van der Waals surface area contributed by atoms with Gasteiger partial charge in [-0.2, -0.15) is 0 Å². The number of rotatable bonds is 5. The van der Waals surface area contributed by atoms with Gasteiger partial charge < -0.3 is 10.5 Å². The number of hydrogen-bond donors (Lipinski definition) is 2. The highest BCUT2D eigenvalue weighted by molar-refractivity contribution is 7.89. The molecule has 1 aliphatic carbocycles. The third kappa shape index (κ3) is 2.97. The summed E-state index contributed by atoms with van der Waals surface area (Å²) >= 11 is 0. The van der Waals surface area contributed by atoms with Crippen molar-refractivity contribution in [2.45, 2.75) is 43.5 Å². The fourth-order valence-corrected chi connectivity index (χ4v) is 3.96. The molecular formula is C14H22N2O3S. The molecule has 0 aromatic heterocycles. The first-order valence-electron chi connectivity index (χ1n) is 6.71. The van der Waals surface area contributed by atoms with Gasteiger partial charge in [0.15, 0.2) is 0 Å². The second-order valence-corrected chi connectivity index (χ2v) is 7.39. The molecule has 1 aliphatic rings. The lowest BCUT2D eigenvalue weighted by Crippen LogP contribution is -2.54. The van der Waals surface area contributed by atoms with Gasteiger partial charge in [0.1, 0.15) is 10.6 Å². The fraction of sp³-hybridized carbons (Fsp3) is 0.571. The standard InChI is InChI=1S/C14H22N2O3S/c1-10-7-11(2)13(19-3)12(8-10)20(17,18)16-9-14(15)5-4-6-14/h7-8,16H,4-6,9,15H2,1-3H3. The number of aryl methyl sites for hydroxylation is 2. The third-order valence-corrected chi connectivity index (χ3v) is 5.25. The van der Waals surface area contributed by atoms with Gasteiger partial charge in [-0.1, -0.05) is 6.07 Å². The normalized spacial score (nSPS) is 17.6. The average molecular weight is 298 g/mol. The number of ether oxygens (including phenoxy) is 1. The van der Waals surface area contributed by atoms with Gasteiger partial charge in [-0.05, 0) is 50.3 Å². The van der Waals surface area contributed by atoms with Crippen LogP contribution in [0.15, 0.2) is 17.0 Å². The van der Waals surface area contributed by atoms with Crippen molar-refractivity contribution in [3.63, 3.8) is 0 Å². The van der Waals surface area contributed by atoms with Gasteiger partial charge in [-0.25, -0.2) is 13.1 Å². The zero-order valence-corrected chi connectivity index (χ0v) is 13.0. The van der Waals surface area contributed by atoms with Gasteiger partial charge >= 0.3 is 0 Å². The van der Waals surface area contributed by atoms with E-state index in [2.05, 4.69) is 4.72 Å². The lowest BCUT2D eigenvalue weighted by Gasteiger charge is -2.38. The quantitative estimate of drug-likeness (QED) is 0.862. The summed E-state index contributed by atoms with van der Waals surface area (Å²) < 4.78 is 32.8. The van der Waals surface area contributed by atoms with E-state index >= 15 is 0 Å². The Morgan fingerprint density at radius 1 is 1.35 bits per heavy atom. The molecule has 6 heteroatoms. The molecule has 1 aromatic rings. The molecule has 0 amide bonds. The number of sulfonamides is 1. The minimum Gasteiger partial charge on any atom is -0.495 e. The Morgan fingerprint density at radius 2 is 2.00 bits per heavy atom. The van der Waals surface area contributed by atoms with E-state index < -0.39 is 10.0 Å². The molecule has 1 aromatic carbocycles. The fourth-order valence-electron chi connectivity index (χ4n) is 2.50. The van der Waals surface area contributed by atoms with E-state index in [0.29, 0.717) is 5.75 Å². The molecule has 20 heavy (non-hydrogen) atoms. The highest BCUT2D eigenvalue weighted by atomic mass is 32.2. The van der Waals surface area contributed by atoms with Crippen LogP contribution >= 0.6 is 0 Å². The molecule has 112 valence electrons. The van der Waals surface area contributed by atoms with Gasteiger partial charge in [0.2, 0.25) is 10.0 Å². The highest BCUT2D eigenvalue weighted by Gasteiger charge is 2.34. The zero-order chi connectivity index (χ0) is 15.0. The van der Waals surface area contributed by atoms with E-state index in [1.54, 1.807) is 6.07 Å². The minimum atomic E-state index is -3.61. The molecule has 5 nitrogen and oxygen atoms in total. The molecule has 0 spiro atoms. The zero-order valence-electron chi connectivity index (χ0n) is 12.2. The van der Waals surface area contributed by atoms with Crippen molar-refractivity contribution in [2.75, 3.05) is 13.7 Å². The smallest absolute Gasteiger partial charge is 0.244 e. The van der Waals surface area contributed by atoms with E-state index in [1.807, 2.05) is 19.9 Å². The first-order valence-corrected chi connectivity index (χ1v) is 8.19. The van der Waals surface area contributed by atoms with Crippen molar-refractivity contribution in [1.29, 1.82) is 0 Å². The lowest BCUT2D eigenvalue weighted by molar-refractivity contribution is 0.251. The molecule has 0 heterocycles. The summed E-state index contributed by atoms with van der Waals surface area (Å²) in [6.07, 6.45) is 2.78. The van der Waals surface area contributed by atoms with Gasteiger partial charge in [0.25, 0.3) is 0 Å². The summed E-state index contributed by atoms with van der Waals surface area (Å²) in [5, 5.41) is 0. The second kappa shape index (κ2) is 5.35. The Morgan fingerprint density at radius 3 is 2.50 bits per heavy atom. The first kappa shape index (κ1) is 15.3. The van der Waals surface area contributed by atoms with Crippen LogP contribution in [-0.2, 0) is 10.0 Å². The van der Waals surface area contributed by atoms with E-state index in [0.717, 1.165) is 30.4 Å². The Hall–Kier alpha value is -1.11. The summed E-state index contributed by atoms with van der Waals surface area (Å²) in [5.74, 6) is 0.391. The van der Waals surface area contributed by atoms with Crippen LogP contribution in [0.5, 0.6) is 5.75 Å². The summed E-state index contributed by atoms with van der Waals surface area (Å²) in [5.41, 5.74) is 7.36. The predicted molar refractivity (Wildman–Crippen MR) is 78.4 cm³/mol. The molecule has 0 bridgehead atoms. The van der Waals surface area contributed by atoms with Crippen LogP contribution in [0.3, 0.4) is 0 Å². The van der Waals surface area contributed by atoms with Crippen molar-refractivity contribution in [3.05, 3.63) is 23.3 Å². The van der Waals surface area contributed by atoms with Crippen molar-refractivity contribution < 1.29 is 13.2 Å². The predicted octanol–water partition coefficient (Wildman–Crippen LogP) is 1.47. The van der Waals surface area contributed by atoms with Crippen LogP contribution in [0.1, 0.15) is 30.4 Å². The first-order chi connectivity index (χ1) is 9.27. The molecule has 3 N–H and O–H groups in total. The van der Waals surface area contributed by atoms with Gasteiger partial charge in [0.05, 0.1) is 7.11 Å². The van der Waals surface area contributed by atoms with E-state index in [4.69, 9.17) is 10.5 Å². The van der Waals surface area contributed by atoms with Gasteiger partial charge in [-0.15, -0.1) is 0 Å². The van der Waals surface area contributed by atoms with Crippen LogP contribution in [0, 0.1) is 13.8 Å². The summed E-state index contributed by atoms with van der Waals surface area (Å²) in [4.78, 5) is 0.181. The van der Waals surface area contributed by atoms with E-state index in [1.165, 1.54) is 7.11 Å². The maximum absolute atomic E-state index is 12.5.